The lowest BCUT2D eigenvalue weighted by molar-refractivity contribution is -0.122. The molecule has 0 radical (unpaired) electrons. The largest absolute Gasteiger partial charge is 0.302 e. The Bertz CT molecular complexity index is 234. The highest BCUT2D eigenvalue weighted by atomic mass is 16.1. The fourth-order valence-corrected chi connectivity index (χ4v) is 2.24. The van der Waals surface area contributed by atoms with Crippen molar-refractivity contribution in [1.82, 2.24) is 9.80 Å². The van der Waals surface area contributed by atoms with E-state index >= 15 is 0 Å². The van der Waals surface area contributed by atoms with E-state index in [0.29, 0.717) is 5.54 Å². The fourth-order valence-electron chi connectivity index (χ4n) is 2.24. The van der Waals surface area contributed by atoms with Crippen molar-refractivity contribution in [2.24, 2.45) is 0 Å². The van der Waals surface area contributed by atoms with Gasteiger partial charge in [-0.15, -0.1) is 0 Å². The average molecular weight is 212 g/mol. The molecule has 1 unspecified atom stereocenters. The van der Waals surface area contributed by atoms with Crippen molar-refractivity contribution in [2.45, 2.75) is 44.7 Å². The minimum atomic E-state index is 0.0439. The molecular weight excluding hydrogens is 188 g/mol. The third-order valence-electron chi connectivity index (χ3n) is 4.03. The minimum absolute atomic E-state index is 0.0439. The maximum atomic E-state index is 11.3. The molecule has 3 heteroatoms. The number of Topliss-reactive ketones (excluding diaryl/α,β-unsaturated/α-hetero) is 1. The number of ketones is 1. The Morgan fingerprint density at radius 3 is 2.13 bits per heavy atom. The van der Waals surface area contributed by atoms with Gasteiger partial charge in [0.25, 0.3) is 0 Å². The van der Waals surface area contributed by atoms with Gasteiger partial charge in [0.1, 0.15) is 5.78 Å². The van der Waals surface area contributed by atoms with E-state index in [1.54, 1.807) is 6.92 Å². The summed E-state index contributed by atoms with van der Waals surface area (Å²) < 4.78 is 0. The maximum absolute atomic E-state index is 11.3. The number of carbonyl (C=O) groups is 1. The Labute approximate surface area is 93.4 Å². The van der Waals surface area contributed by atoms with Crippen LogP contribution < -0.4 is 0 Å². The summed E-state index contributed by atoms with van der Waals surface area (Å²) in [6.07, 6.45) is 3.84. The molecule has 0 N–H and O–H groups in total. The van der Waals surface area contributed by atoms with Gasteiger partial charge in [0.05, 0.1) is 6.04 Å². The highest BCUT2D eigenvalue weighted by Crippen LogP contribution is 2.36. The predicted molar refractivity (Wildman–Crippen MR) is 63.0 cm³/mol. The second-order valence-corrected chi connectivity index (χ2v) is 5.17. The molecule has 1 fully saturated rings. The quantitative estimate of drug-likeness (QED) is 0.688. The van der Waals surface area contributed by atoms with Gasteiger partial charge in [-0.1, -0.05) is 0 Å². The number of nitrogens with zero attached hydrogens (tertiary/aromatic N) is 2. The monoisotopic (exact) mass is 212 g/mol. The van der Waals surface area contributed by atoms with Crippen LogP contribution in [0.5, 0.6) is 0 Å². The first kappa shape index (κ1) is 12.7. The Morgan fingerprint density at radius 2 is 1.87 bits per heavy atom. The van der Waals surface area contributed by atoms with Crippen molar-refractivity contribution in [3.63, 3.8) is 0 Å². The first-order valence-electron chi connectivity index (χ1n) is 5.77. The van der Waals surface area contributed by atoms with Gasteiger partial charge in [0.2, 0.25) is 0 Å². The molecule has 1 saturated carbocycles. The van der Waals surface area contributed by atoms with Crippen LogP contribution in [0.15, 0.2) is 0 Å². The molecule has 0 aromatic rings. The topological polar surface area (TPSA) is 23.6 Å². The molecule has 1 rings (SSSR count). The molecule has 88 valence electrons. The first-order valence-corrected chi connectivity index (χ1v) is 5.77. The minimum Gasteiger partial charge on any atom is -0.302 e. The van der Waals surface area contributed by atoms with Crippen LogP contribution in [0.3, 0.4) is 0 Å². The van der Waals surface area contributed by atoms with E-state index in [-0.39, 0.29) is 11.8 Å². The van der Waals surface area contributed by atoms with Crippen LogP contribution in [0.1, 0.15) is 33.1 Å². The molecule has 0 heterocycles. The Hall–Kier alpha value is -0.410. The summed E-state index contributed by atoms with van der Waals surface area (Å²) in [6.45, 7) is 4.66. The zero-order valence-corrected chi connectivity index (χ0v) is 10.7. The van der Waals surface area contributed by atoms with Gasteiger partial charge < -0.3 is 4.90 Å². The van der Waals surface area contributed by atoms with Crippen molar-refractivity contribution in [1.29, 1.82) is 0 Å². The van der Waals surface area contributed by atoms with E-state index in [0.717, 1.165) is 6.54 Å². The van der Waals surface area contributed by atoms with E-state index in [1.807, 2.05) is 6.92 Å². The van der Waals surface area contributed by atoms with Crippen LogP contribution in [-0.2, 0) is 4.79 Å². The van der Waals surface area contributed by atoms with Crippen LogP contribution in [0.4, 0.5) is 0 Å². The lowest BCUT2D eigenvalue weighted by Crippen LogP contribution is -2.58. The summed E-state index contributed by atoms with van der Waals surface area (Å²) in [5, 5.41) is 0. The highest BCUT2D eigenvalue weighted by molar-refractivity contribution is 5.80. The normalized spacial score (nSPS) is 21.5. The molecular formula is C12H24N2O. The molecule has 0 aromatic carbocycles. The number of rotatable bonds is 5. The van der Waals surface area contributed by atoms with Gasteiger partial charge in [0.15, 0.2) is 0 Å². The molecule has 1 aliphatic rings. The van der Waals surface area contributed by atoms with Crippen LogP contribution in [-0.4, -0.2) is 54.9 Å². The Balaban J connectivity index is 2.56. The molecule has 0 saturated heterocycles. The highest BCUT2D eigenvalue weighted by Gasteiger charge is 2.40. The van der Waals surface area contributed by atoms with Crippen molar-refractivity contribution in [3.8, 4) is 0 Å². The average Bonchev–Trinajstić information content (AvgIpc) is 2.08. The summed E-state index contributed by atoms with van der Waals surface area (Å²) in [5.41, 5.74) is 0.318. The van der Waals surface area contributed by atoms with Crippen molar-refractivity contribution in [3.05, 3.63) is 0 Å². The van der Waals surface area contributed by atoms with Gasteiger partial charge >= 0.3 is 0 Å². The van der Waals surface area contributed by atoms with E-state index < -0.39 is 0 Å². The molecule has 1 aliphatic carbocycles. The standard InChI is InChI=1S/C12H24N2O/c1-10(11(2)15)14(5)9-12(13(3)4)7-6-8-12/h10H,6-9H2,1-5H3. The lowest BCUT2D eigenvalue weighted by Gasteiger charge is -2.50. The SMILES string of the molecule is CC(=O)C(C)N(C)CC1(N(C)C)CCC1. The van der Waals surface area contributed by atoms with Crippen molar-refractivity contribution in [2.75, 3.05) is 27.7 Å². The summed E-state index contributed by atoms with van der Waals surface area (Å²) in [5.74, 6) is 0.255. The second-order valence-electron chi connectivity index (χ2n) is 5.17. The van der Waals surface area contributed by atoms with E-state index in [1.165, 1.54) is 19.3 Å². The smallest absolute Gasteiger partial charge is 0.146 e. The summed E-state index contributed by atoms with van der Waals surface area (Å²) in [4.78, 5) is 15.8. The Kier molecular flexibility index (Phi) is 3.90. The third kappa shape index (κ3) is 2.58. The second kappa shape index (κ2) is 4.62. The van der Waals surface area contributed by atoms with Crippen molar-refractivity contribution >= 4 is 5.78 Å². The molecule has 0 bridgehead atoms. The molecule has 15 heavy (non-hydrogen) atoms. The van der Waals surface area contributed by atoms with Gasteiger partial charge in [-0.05, 0) is 54.3 Å². The number of carbonyl (C=O) groups excluding carboxylic acids is 1. The van der Waals surface area contributed by atoms with Crippen LogP contribution in [0.25, 0.3) is 0 Å². The van der Waals surface area contributed by atoms with E-state index in [9.17, 15) is 4.79 Å². The first-order chi connectivity index (χ1) is 6.89. The zero-order valence-electron chi connectivity index (χ0n) is 10.7. The Morgan fingerprint density at radius 1 is 1.33 bits per heavy atom. The number of likely N-dealkylation sites (N-methyl/N-ethyl adjacent to an activating group) is 2. The lowest BCUT2D eigenvalue weighted by atomic mass is 9.75. The molecule has 1 atom stereocenters. The van der Waals surface area contributed by atoms with E-state index in [2.05, 4.69) is 30.9 Å². The third-order valence-corrected chi connectivity index (χ3v) is 4.03. The van der Waals surface area contributed by atoms with Crippen LogP contribution >= 0.6 is 0 Å². The van der Waals surface area contributed by atoms with Gasteiger partial charge in [0, 0.05) is 12.1 Å². The number of hydrogen-bond donors (Lipinski definition) is 0. The summed E-state index contributed by atoms with van der Waals surface area (Å²) in [7, 11) is 6.34. The van der Waals surface area contributed by atoms with Gasteiger partial charge in [-0.25, -0.2) is 0 Å². The van der Waals surface area contributed by atoms with Crippen LogP contribution in [0.2, 0.25) is 0 Å². The van der Waals surface area contributed by atoms with Crippen LogP contribution in [0, 0.1) is 0 Å². The van der Waals surface area contributed by atoms with Crippen molar-refractivity contribution < 1.29 is 4.79 Å². The molecule has 3 nitrogen and oxygen atoms in total. The zero-order chi connectivity index (χ0) is 11.6. The van der Waals surface area contributed by atoms with Gasteiger partial charge in [-0.3, -0.25) is 9.69 Å². The molecule has 0 aliphatic heterocycles. The van der Waals surface area contributed by atoms with Gasteiger partial charge in [-0.2, -0.15) is 0 Å². The molecule has 0 spiro atoms. The summed E-state index contributed by atoms with van der Waals surface area (Å²) in [6, 6.07) is 0.0439. The number of hydrogen-bond acceptors (Lipinski definition) is 3. The summed E-state index contributed by atoms with van der Waals surface area (Å²) >= 11 is 0. The fraction of sp³-hybridized carbons (Fsp3) is 0.917. The molecule has 0 amide bonds. The predicted octanol–water partition coefficient (Wildman–Crippen LogP) is 1.38. The van der Waals surface area contributed by atoms with E-state index in [4.69, 9.17) is 0 Å². The maximum Gasteiger partial charge on any atom is 0.146 e. The molecule has 0 aromatic heterocycles.